The Morgan fingerprint density at radius 2 is 1.36 bits per heavy atom. The average Bonchev–Trinajstić information content (AvgIpc) is 2.63. The largest absolute Gasteiger partial charge is 0.401 e. The van der Waals surface area contributed by atoms with Crippen LogP contribution in [0, 0.1) is 0 Å². The third-order valence-corrected chi connectivity index (χ3v) is 10.2. The summed E-state index contributed by atoms with van der Waals surface area (Å²) in [5, 5.41) is 12.5. The molecule has 0 amide bonds. The maximum Gasteiger partial charge on any atom is 0.261 e. The molecule has 28 heavy (non-hydrogen) atoms. The summed E-state index contributed by atoms with van der Waals surface area (Å²) in [5.74, 6) is 0. The van der Waals surface area contributed by atoms with Gasteiger partial charge in [0.05, 0.1) is 11.7 Å². The fourth-order valence-corrected chi connectivity index (χ4v) is 8.38. The molecule has 1 N–H and O–H groups in total. The van der Waals surface area contributed by atoms with Crippen molar-refractivity contribution >= 4 is 18.7 Å². The minimum absolute atomic E-state index is 0.00638. The van der Waals surface area contributed by atoms with Gasteiger partial charge in [0.1, 0.15) is 0 Å². The number of hydrogen-bond donors (Lipinski definition) is 1. The zero-order chi connectivity index (χ0) is 20.8. The van der Waals surface area contributed by atoms with Crippen molar-refractivity contribution < 1.29 is 9.53 Å². The highest BCUT2D eigenvalue weighted by Gasteiger charge is 2.50. The molecule has 2 aromatic rings. The first-order valence-corrected chi connectivity index (χ1v) is 12.1. The molecule has 0 aromatic heterocycles. The van der Waals surface area contributed by atoms with E-state index in [4.69, 9.17) is 4.43 Å². The van der Waals surface area contributed by atoms with E-state index in [9.17, 15) is 5.11 Å². The minimum Gasteiger partial charge on any atom is -0.401 e. The fraction of sp³-hybridized carbons (Fsp3) is 0.440. The van der Waals surface area contributed by atoms with Crippen LogP contribution in [0.1, 0.15) is 54.4 Å². The van der Waals surface area contributed by atoms with Gasteiger partial charge >= 0.3 is 0 Å². The van der Waals surface area contributed by atoms with Gasteiger partial charge in [0.15, 0.2) is 0 Å². The van der Waals surface area contributed by atoms with E-state index < -0.39 is 13.9 Å². The normalized spacial score (nSPS) is 14.4. The summed E-state index contributed by atoms with van der Waals surface area (Å²) in [5.41, 5.74) is -0.633. The Hall–Kier alpha value is -1.68. The van der Waals surface area contributed by atoms with Crippen LogP contribution in [0.3, 0.4) is 0 Å². The lowest BCUT2D eigenvalue weighted by molar-refractivity contribution is 0.0721. The minimum atomic E-state index is -2.51. The first kappa shape index (κ1) is 22.6. The molecule has 2 nitrogen and oxygen atoms in total. The van der Waals surface area contributed by atoms with Crippen LogP contribution < -0.4 is 10.4 Å². The van der Waals surface area contributed by atoms with Gasteiger partial charge in [-0.2, -0.15) is 0 Å². The van der Waals surface area contributed by atoms with Gasteiger partial charge in [-0.3, -0.25) is 0 Å². The summed E-state index contributed by atoms with van der Waals surface area (Å²) in [6, 6.07) is 21.4. The van der Waals surface area contributed by atoms with Crippen molar-refractivity contribution in [3.05, 3.63) is 72.8 Å². The van der Waals surface area contributed by atoms with Crippen molar-refractivity contribution in [3.8, 4) is 0 Å². The molecule has 0 aliphatic heterocycles. The summed E-state index contributed by atoms with van der Waals surface area (Å²) in [4.78, 5) is 0. The predicted octanol–water partition coefficient (Wildman–Crippen LogP) is 5.06. The zero-order valence-electron chi connectivity index (χ0n) is 18.3. The molecule has 1 atom stereocenters. The SMILES string of the molecule is C[C@@H](/C=C\CCC(C)(C)O)O[Si](c1ccccc1)(c1ccccc1)C(C)(C)C. The van der Waals surface area contributed by atoms with Gasteiger partial charge in [0, 0.05) is 0 Å². The standard InChI is InChI=1S/C25H36O2Si/c1-21(15-13-14-20-25(5,6)26)27-28(24(2,3)4,22-16-9-7-10-17-22)23-18-11-8-12-19-23/h7-13,15-19,21,26H,14,20H2,1-6H3/b15-13-/t21-/m0/s1. The van der Waals surface area contributed by atoms with Gasteiger partial charge in [0.25, 0.3) is 8.32 Å². The average molecular weight is 397 g/mol. The van der Waals surface area contributed by atoms with Crippen LogP contribution in [0.4, 0.5) is 0 Å². The van der Waals surface area contributed by atoms with Crippen LogP contribution in [0.2, 0.25) is 5.04 Å². The van der Waals surface area contributed by atoms with Gasteiger partial charge in [-0.05, 0) is 49.0 Å². The van der Waals surface area contributed by atoms with Gasteiger partial charge in [-0.25, -0.2) is 0 Å². The Kier molecular flexibility index (Phi) is 7.44. The second-order valence-electron chi connectivity index (χ2n) is 9.27. The number of benzene rings is 2. The Bertz CT molecular complexity index is 700. The second-order valence-corrected chi connectivity index (χ2v) is 13.5. The Morgan fingerprint density at radius 1 is 0.893 bits per heavy atom. The third kappa shape index (κ3) is 5.66. The third-order valence-electron chi connectivity index (χ3n) is 5.11. The molecule has 0 unspecified atom stereocenters. The molecule has 0 spiro atoms. The molecule has 0 radical (unpaired) electrons. The van der Waals surface area contributed by atoms with Crippen LogP contribution in [-0.2, 0) is 4.43 Å². The zero-order valence-corrected chi connectivity index (χ0v) is 19.3. The summed E-state index contributed by atoms with van der Waals surface area (Å²) >= 11 is 0. The summed E-state index contributed by atoms with van der Waals surface area (Å²) in [6.07, 6.45) is 5.87. The van der Waals surface area contributed by atoms with Crippen molar-refractivity contribution in [1.82, 2.24) is 0 Å². The first-order chi connectivity index (χ1) is 13.1. The summed E-state index contributed by atoms with van der Waals surface area (Å²) < 4.78 is 7.00. The van der Waals surface area contributed by atoms with Gasteiger partial charge in [-0.1, -0.05) is 93.6 Å². The van der Waals surface area contributed by atoms with E-state index in [0.717, 1.165) is 12.8 Å². The quantitative estimate of drug-likeness (QED) is 0.499. The Morgan fingerprint density at radius 3 is 1.75 bits per heavy atom. The van der Waals surface area contributed by atoms with E-state index in [1.807, 2.05) is 13.8 Å². The van der Waals surface area contributed by atoms with Crippen molar-refractivity contribution in [1.29, 1.82) is 0 Å². The smallest absolute Gasteiger partial charge is 0.261 e. The predicted molar refractivity (Wildman–Crippen MR) is 123 cm³/mol. The lowest BCUT2D eigenvalue weighted by Crippen LogP contribution is -2.67. The maximum absolute atomic E-state index is 9.92. The molecule has 3 heteroatoms. The van der Waals surface area contributed by atoms with Gasteiger partial charge < -0.3 is 9.53 Å². The number of hydrogen-bond acceptors (Lipinski definition) is 2. The molecule has 0 bridgehead atoms. The van der Waals surface area contributed by atoms with Crippen LogP contribution in [0.15, 0.2) is 72.8 Å². The van der Waals surface area contributed by atoms with Crippen LogP contribution in [0.5, 0.6) is 0 Å². The maximum atomic E-state index is 9.92. The Balaban J connectivity index is 2.40. The number of rotatable bonds is 8. The van der Waals surface area contributed by atoms with Crippen molar-refractivity contribution in [2.75, 3.05) is 0 Å². The molecule has 0 heterocycles. The van der Waals surface area contributed by atoms with Crippen LogP contribution in [0.25, 0.3) is 0 Å². The van der Waals surface area contributed by atoms with E-state index >= 15 is 0 Å². The topological polar surface area (TPSA) is 29.5 Å². The molecular formula is C25H36O2Si. The van der Waals surface area contributed by atoms with Crippen molar-refractivity contribution in [2.45, 2.75) is 71.1 Å². The molecule has 2 aromatic carbocycles. The molecule has 152 valence electrons. The van der Waals surface area contributed by atoms with Crippen LogP contribution >= 0.6 is 0 Å². The van der Waals surface area contributed by atoms with E-state index in [1.165, 1.54) is 10.4 Å². The highest BCUT2D eigenvalue weighted by atomic mass is 28.4. The Labute approximate surface area is 172 Å². The molecule has 0 aliphatic carbocycles. The van der Waals surface area contributed by atoms with Gasteiger partial charge in [0.2, 0.25) is 0 Å². The molecule has 0 aliphatic rings. The van der Waals surface area contributed by atoms with E-state index in [-0.39, 0.29) is 11.1 Å². The molecule has 0 fully saturated rings. The molecular weight excluding hydrogens is 360 g/mol. The van der Waals surface area contributed by atoms with E-state index in [0.29, 0.717) is 0 Å². The van der Waals surface area contributed by atoms with Crippen molar-refractivity contribution in [3.63, 3.8) is 0 Å². The first-order valence-electron chi connectivity index (χ1n) is 10.2. The molecule has 0 saturated heterocycles. The highest BCUT2D eigenvalue weighted by molar-refractivity contribution is 6.99. The van der Waals surface area contributed by atoms with Gasteiger partial charge in [-0.15, -0.1) is 0 Å². The monoisotopic (exact) mass is 396 g/mol. The number of aliphatic hydroxyl groups is 1. The fourth-order valence-electron chi connectivity index (χ4n) is 3.73. The summed E-state index contributed by atoms with van der Waals surface area (Å²) in [7, 11) is -2.51. The van der Waals surface area contributed by atoms with E-state index in [1.54, 1.807) is 0 Å². The lowest BCUT2D eigenvalue weighted by atomic mass is 10.0. The molecule has 2 rings (SSSR count). The molecule has 0 saturated carbocycles. The van der Waals surface area contributed by atoms with E-state index in [2.05, 4.69) is 101 Å². The van der Waals surface area contributed by atoms with Crippen LogP contribution in [-0.4, -0.2) is 25.1 Å². The second kappa shape index (κ2) is 9.21. The highest BCUT2D eigenvalue weighted by Crippen LogP contribution is 2.37. The van der Waals surface area contributed by atoms with Crippen molar-refractivity contribution in [2.24, 2.45) is 0 Å². The summed E-state index contributed by atoms with van der Waals surface area (Å²) in [6.45, 7) is 12.7. The number of allylic oxidation sites excluding steroid dienone is 1. The lowest BCUT2D eigenvalue weighted by Gasteiger charge is -2.44.